The maximum absolute atomic E-state index is 13.1. The topological polar surface area (TPSA) is 84.2 Å². The van der Waals surface area contributed by atoms with E-state index in [4.69, 9.17) is 0 Å². The van der Waals surface area contributed by atoms with Crippen molar-refractivity contribution in [3.63, 3.8) is 0 Å². The Bertz CT molecular complexity index is 1060. The van der Waals surface area contributed by atoms with Crippen LogP contribution in [0.5, 0.6) is 0 Å². The number of imidazole rings is 1. The Labute approximate surface area is 162 Å². The first kappa shape index (κ1) is 18.5. The third-order valence-corrected chi connectivity index (χ3v) is 6.51. The van der Waals surface area contributed by atoms with E-state index in [1.807, 2.05) is 17.9 Å². The summed E-state index contributed by atoms with van der Waals surface area (Å²) in [4.78, 5) is 15.1. The zero-order valence-corrected chi connectivity index (χ0v) is 16.0. The van der Waals surface area contributed by atoms with Gasteiger partial charge in [-0.2, -0.15) is 4.31 Å². The average Bonchev–Trinajstić information content (AvgIpc) is 3.23. The summed E-state index contributed by atoms with van der Waals surface area (Å²) in [5, 5.41) is 0. The van der Waals surface area contributed by atoms with Crippen molar-refractivity contribution in [3.8, 4) is 5.82 Å². The molecule has 0 spiro atoms. The van der Waals surface area contributed by atoms with Gasteiger partial charge in [0.1, 0.15) is 29.6 Å². The first-order valence-corrected chi connectivity index (χ1v) is 10.2. The van der Waals surface area contributed by atoms with Gasteiger partial charge in [0.2, 0.25) is 10.0 Å². The van der Waals surface area contributed by atoms with Gasteiger partial charge in [-0.25, -0.2) is 27.8 Å². The second-order valence-electron chi connectivity index (χ2n) is 6.45. The lowest BCUT2D eigenvalue weighted by atomic mass is 10.3. The standard InChI is InChI=1S/C18H19FN6O2S/c1-14-21-17(12-18(22-14)24-7-6-20-13-24)23-8-10-25(11-9-23)28(26,27)16-4-2-15(19)3-5-16/h2-7,12-13H,8-11H2,1H3. The van der Waals surface area contributed by atoms with Crippen molar-refractivity contribution in [2.75, 3.05) is 31.1 Å². The van der Waals surface area contributed by atoms with Gasteiger partial charge in [0.25, 0.3) is 0 Å². The van der Waals surface area contributed by atoms with Crippen LogP contribution in [0, 0.1) is 12.7 Å². The van der Waals surface area contributed by atoms with Gasteiger partial charge in [0, 0.05) is 44.6 Å². The summed E-state index contributed by atoms with van der Waals surface area (Å²) in [6, 6.07) is 6.76. The van der Waals surface area contributed by atoms with Crippen LogP contribution in [-0.4, -0.2) is 58.4 Å². The van der Waals surface area contributed by atoms with Crippen LogP contribution >= 0.6 is 0 Å². The van der Waals surface area contributed by atoms with Crippen LogP contribution in [-0.2, 0) is 10.0 Å². The molecule has 28 heavy (non-hydrogen) atoms. The lowest BCUT2D eigenvalue weighted by Crippen LogP contribution is -2.49. The van der Waals surface area contributed by atoms with Gasteiger partial charge >= 0.3 is 0 Å². The fourth-order valence-corrected chi connectivity index (χ4v) is 4.56. The normalized spacial score (nSPS) is 15.7. The number of piperazine rings is 1. The molecule has 0 unspecified atom stereocenters. The molecular formula is C18H19FN6O2S. The molecule has 0 bridgehead atoms. The Kier molecular flexibility index (Phi) is 4.82. The number of halogens is 1. The molecule has 1 aliphatic heterocycles. The molecule has 146 valence electrons. The van der Waals surface area contributed by atoms with Crippen LogP contribution in [0.3, 0.4) is 0 Å². The molecule has 0 saturated carbocycles. The Hall–Kier alpha value is -2.85. The number of sulfonamides is 1. The number of hydrogen-bond acceptors (Lipinski definition) is 6. The summed E-state index contributed by atoms with van der Waals surface area (Å²) in [6.45, 7) is 3.46. The second-order valence-corrected chi connectivity index (χ2v) is 8.38. The molecule has 3 heterocycles. The molecular weight excluding hydrogens is 383 g/mol. The Morgan fingerprint density at radius 3 is 2.32 bits per heavy atom. The molecule has 2 aromatic heterocycles. The highest BCUT2D eigenvalue weighted by molar-refractivity contribution is 7.89. The fraction of sp³-hybridized carbons (Fsp3) is 0.278. The van der Waals surface area contributed by atoms with Gasteiger partial charge in [0.15, 0.2) is 0 Å². The van der Waals surface area contributed by atoms with Crippen LogP contribution in [0.2, 0.25) is 0 Å². The van der Waals surface area contributed by atoms with Crippen molar-refractivity contribution >= 4 is 15.8 Å². The average molecular weight is 402 g/mol. The predicted molar refractivity (Wildman–Crippen MR) is 101 cm³/mol. The molecule has 3 aromatic rings. The number of aromatic nitrogens is 4. The highest BCUT2D eigenvalue weighted by atomic mass is 32.2. The predicted octanol–water partition coefficient (Wildman–Crippen LogP) is 1.62. The van der Waals surface area contributed by atoms with Crippen molar-refractivity contribution in [3.05, 3.63) is 60.7 Å². The largest absolute Gasteiger partial charge is 0.354 e. The van der Waals surface area contributed by atoms with Crippen LogP contribution in [0.15, 0.2) is 53.9 Å². The maximum atomic E-state index is 13.1. The van der Waals surface area contributed by atoms with E-state index in [0.717, 1.165) is 18.0 Å². The molecule has 1 aromatic carbocycles. The number of anilines is 1. The minimum absolute atomic E-state index is 0.0997. The molecule has 1 aliphatic rings. The molecule has 0 atom stereocenters. The van der Waals surface area contributed by atoms with Gasteiger partial charge in [-0.1, -0.05) is 0 Å². The third kappa shape index (κ3) is 3.60. The van der Waals surface area contributed by atoms with Crippen molar-refractivity contribution in [1.82, 2.24) is 23.8 Å². The molecule has 0 amide bonds. The molecule has 4 rings (SSSR count). The Morgan fingerprint density at radius 1 is 1.00 bits per heavy atom. The number of nitrogens with zero attached hydrogens (tertiary/aromatic N) is 6. The van der Waals surface area contributed by atoms with Crippen molar-refractivity contribution in [2.24, 2.45) is 0 Å². The van der Waals surface area contributed by atoms with Crippen molar-refractivity contribution in [2.45, 2.75) is 11.8 Å². The van der Waals surface area contributed by atoms with Crippen LogP contribution in [0.4, 0.5) is 10.2 Å². The van der Waals surface area contributed by atoms with Crippen LogP contribution in [0.25, 0.3) is 5.82 Å². The van der Waals surface area contributed by atoms with E-state index in [-0.39, 0.29) is 4.90 Å². The molecule has 0 radical (unpaired) electrons. The quantitative estimate of drug-likeness (QED) is 0.659. The van der Waals surface area contributed by atoms with Gasteiger partial charge in [-0.3, -0.25) is 4.57 Å². The number of aryl methyl sites for hydroxylation is 1. The molecule has 0 N–H and O–H groups in total. The molecule has 8 nitrogen and oxygen atoms in total. The van der Waals surface area contributed by atoms with E-state index in [2.05, 4.69) is 15.0 Å². The lowest BCUT2D eigenvalue weighted by molar-refractivity contribution is 0.383. The van der Waals surface area contributed by atoms with Crippen LogP contribution < -0.4 is 4.90 Å². The second kappa shape index (κ2) is 7.28. The molecule has 1 saturated heterocycles. The molecule has 10 heteroatoms. The summed E-state index contributed by atoms with van der Waals surface area (Å²) < 4.78 is 41.8. The number of hydrogen-bond donors (Lipinski definition) is 0. The Morgan fingerprint density at radius 2 is 1.68 bits per heavy atom. The van der Waals surface area contributed by atoms with Crippen molar-refractivity contribution < 1.29 is 12.8 Å². The lowest BCUT2D eigenvalue weighted by Gasteiger charge is -2.34. The Balaban J connectivity index is 1.51. The summed E-state index contributed by atoms with van der Waals surface area (Å²) in [7, 11) is -3.64. The zero-order valence-electron chi connectivity index (χ0n) is 15.2. The summed E-state index contributed by atoms with van der Waals surface area (Å²) in [6.07, 6.45) is 5.15. The van der Waals surface area contributed by atoms with E-state index in [1.54, 1.807) is 23.3 Å². The van der Waals surface area contributed by atoms with Gasteiger partial charge < -0.3 is 4.90 Å². The molecule has 1 fully saturated rings. The summed E-state index contributed by atoms with van der Waals surface area (Å²) in [5.74, 6) is 1.62. The fourth-order valence-electron chi connectivity index (χ4n) is 3.14. The van der Waals surface area contributed by atoms with Crippen molar-refractivity contribution in [1.29, 1.82) is 0 Å². The smallest absolute Gasteiger partial charge is 0.243 e. The highest BCUT2D eigenvalue weighted by Crippen LogP contribution is 2.21. The maximum Gasteiger partial charge on any atom is 0.243 e. The first-order chi connectivity index (χ1) is 13.4. The van der Waals surface area contributed by atoms with Gasteiger partial charge in [-0.05, 0) is 31.2 Å². The molecule has 0 aliphatic carbocycles. The van der Waals surface area contributed by atoms with E-state index in [9.17, 15) is 12.8 Å². The monoisotopic (exact) mass is 402 g/mol. The van der Waals surface area contributed by atoms with E-state index >= 15 is 0 Å². The highest BCUT2D eigenvalue weighted by Gasteiger charge is 2.29. The van der Waals surface area contributed by atoms with Gasteiger partial charge in [0.05, 0.1) is 4.90 Å². The SMILES string of the molecule is Cc1nc(N2CCN(S(=O)(=O)c3ccc(F)cc3)CC2)cc(-n2ccnc2)n1. The number of rotatable bonds is 4. The van der Waals surface area contributed by atoms with E-state index in [0.29, 0.717) is 37.8 Å². The van der Waals surface area contributed by atoms with E-state index < -0.39 is 15.8 Å². The minimum atomic E-state index is -3.64. The zero-order chi connectivity index (χ0) is 19.7. The van der Waals surface area contributed by atoms with Gasteiger partial charge in [-0.15, -0.1) is 0 Å². The minimum Gasteiger partial charge on any atom is -0.354 e. The first-order valence-electron chi connectivity index (χ1n) is 8.78. The number of benzene rings is 1. The van der Waals surface area contributed by atoms with E-state index in [1.165, 1.54) is 16.4 Å². The third-order valence-electron chi connectivity index (χ3n) is 4.59. The van der Waals surface area contributed by atoms with Crippen LogP contribution in [0.1, 0.15) is 5.82 Å². The summed E-state index contributed by atoms with van der Waals surface area (Å²) >= 11 is 0. The summed E-state index contributed by atoms with van der Waals surface area (Å²) in [5.41, 5.74) is 0.